The molecule has 0 bridgehead atoms. The van der Waals surface area contributed by atoms with E-state index in [0.29, 0.717) is 0 Å². The van der Waals surface area contributed by atoms with Crippen LogP contribution in [0.2, 0.25) is 0 Å². The lowest BCUT2D eigenvalue weighted by molar-refractivity contribution is 0.00751. The van der Waals surface area contributed by atoms with Crippen LogP contribution in [0.25, 0.3) is 0 Å². The maximum Gasteiger partial charge on any atom is 0.327 e. The highest BCUT2D eigenvalue weighted by atomic mass is 32.2. The molecule has 0 aliphatic rings. The molecule has 0 spiro atoms. The summed E-state index contributed by atoms with van der Waals surface area (Å²) in [6.45, 7) is 1.23. The van der Waals surface area contributed by atoms with Crippen LogP contribution in [0.15, 0.2) is 0 Å². The molecule has 0 rings (SSSR count). The van der Waals surface area contributed by atoms with E-state index in [4.69, 9.17) is 5.21 Å². The van der Waals surface area contributed by atoms with E-state index in [1.165, 1.54) is 11.6 Å². The lowest BCUT2D eigenvalue weighted by atomic mass is 10.8. The molecule has 0 aliphatic carbocycles. The van der Waals surface area contributed by atoms with Gasteiger partial charge in [0, 0.05) is 6.54 Å². The first-order valence-corrected chi connectivity index (χ1v) is 4.13. The van der Waals surface area contributed by atoms with E-state index in [9.17, 15) is 13.2 Å². The predicted octanol–water partition coefficient (Wildman–Crippen LogP) is -1.39. The zero-order valence-corrected chi connectivity index (χ0v) is 6.63. The predicted molar refractivity (Wildman–Crippen MR) is 35.8 cm³/mol. The van der Waals surface area contributed by atoms with Crippen molar-refractivity contribution >= 4 is 16.2 Å². The van der Waals surface area contributed by atoms with Gasteiger partial charge in [-0.25, -0.2) is 9.52 Å². The average molecular weight is 183 g/mol. The molecule has 0 radical (unpaired) electrons. The average Bonchev–Trinajstić information content (AvgIpc) is 1.83. The zero-order valence-electron chi connectivity index (χ0n) is 5.81. The minimum atomic E-state index is -4.15. The number of carbonyl (C=O) groups excluding carboxylic acids is 1. The van der Waals surface area contributed by atoms with Crippen LogP contribution in [0.3, 0.4) is 0 Å². The van der Waals surface area contributed by atoms with Gasteiger partial charge in [0.2, 0.25) is 0 Å². The third kappa shape index (κ3) is 3.16. The molecule has 0 aromatic heterocycles. The van der Waals surface area contributed by atoms with Gasteiger partial charge in [0.1, 0.15) is 0 Å². The van der Waals surface area contributed by atoms with Crippen LogP contribution in [0, 0.1) is 0 Å². The van der Waals surface area contributed by atoms with Gasteiger partial charge in [-0.3, -0.25) is 5.21 Å². The Morgan fingerprint density at radius 1 is 1.73 bits per heavy atom. The summed E-state index contributed by atoms with van der Waals surface area (Å²) >= 11 is 0. The van der Waals surface area contributed by atoms with Gasteiger partial charge >= 0.3 is 16.2 Å². The summed E-state index contributed by atoms with van der Waals surface area (Å²) in [4.78, 5) is 10.0. The number of primary amides is 1. The first-order valence-electron chi connectivity index (χ1n) is 2.69. The number of nitrogens with two attached hydrogens (primary N) is 1. The standard InChI is InChI=1S/C3H9N3O4S/c1-2-6(8)11(9,10)5-3(4)7/h8H,2H2,1H3,(H3,4,5,7). The number of hydrogen-bond acceptors (Lipinski definition) is 4. The SMILES string of the molecule is CCN(O)S(=O)(=O)NC(N)=O. The van der Waals surface area contributed by atoms with Gasteiger partial charge in [-0.15, -0.1) is 0 Å². The fourth-order valence-electron chi connectivity index (χ4n) is 0.350. The quantitative estimate of drug-likeness (QED) is 0.467. The summed E-state index contributed by atoms with van der Waals surface area (Å²) in [6.07, 6.45) is 0. The fourth-order valence-corrected chi connectivity index (χ4v) is 1.05. The molecule has 0 unspecified atom stereocenters. The van der Waals surface area contributed by atoms with Crippen molar-refractivity contribution in [1.29, 1.82) is 0 Å². The van der Waals surface area contributed by atoms with Crippen molar-refractivity contribution in [1.82, 2.24) is 9.19 Å². The molecule has 0 saturated heterocycles. The molecule has 0 fully saturated rings. The molecule has 0 aliphatic heterocycles. The van der Waals surface area contributed by atoms with Crippen molar-refractivity contribution in [3.05, 3.63) is 0 Å². The molecule has 11 heavy (non-hydrogen) atoms. The van der Waals surface area contributed by atoms with E-state index in [1.54, 1.807) is 0 Å². The zero-order chi connectivity index (χ0) is 9.07. The molecule has 0 aromatic rings. The van der Waals surface area contributed by atoms with Gasteiger partial charge in [-0.2, -0.15) is 8.42 Å². The Labute approximate surface area is 63.9 Å². The number of nitrogens with zero attached hydrogens (tertiary/aromatic N) is 1. The molecular formula is C3H9N3O4S. The molecule has 0 aromatic carbocycles. The minimum absolute atomic E-state index is 0.0300. The topological polar surface area (TPSA) is 113 Å². The Bertz CT molecular complexity index is 235. The van der Waals surface area contributed by atoms with Gasteiger partial charge in [0.05, 0.1) is 0 Å². The van der Waals surface area contributed by atoms with Gasteiger partial charge in [0.15, 0.2) is 0 Å². The first-order chi connectivity index (χ1) is 4.90. The number of nitrogens with one attached hydrogen (secondary N) is 1. The summed E-state index contributed by atoms with van der Waals surface area (Å²) < 4.78 is 22.6. The second-order valence-electron chi connectivity index (χ2n) is 1.61. The molecule has 7 nitrogen and oxygen atoms in total. The van der Waals surface area contributed by atoms with Crippen molar-refractivity contribution in [3.63, 3.8) is 0 Å². The molecule has 0 saturated carbocycles. The van der Waals surface area contributed by atoms with Crippen LogP contribution in [0.5, 0.6) is 0 Å². The summed E-state index contributed by atoms with van der Waals surface area (Å²) in [5.74, 6) is 0. The highest BCUT2D eigenvalue weighted by molar-refractivity contribution is 7.87. The van der Waals surface area contributed by atoms with Crippen molar-refractivity contribution < 1.29 is 18.4 Å². The third-order valence-electron chi connectivity index (χ3n) is 0.778. The van der Waals surface area contributed by atoms with Crippen molar-refractivity contribution in [2.75, 3.05) is 6.54 Å². The monoisotopic (exact) mass is 183 g/mol. The van der Waals surface area contributed by atoms with Gasteiger partial charge < -0.3 is 5.73 Å². The van der Waals surface area contributed by atoms with Crippen LogP contribution in [0.1, 0.15) is 6.92 Å². The Kier molecular flexibility index (Phi) is 3.23. The number of carbonyl (C=O) groups is 1. The number of amides is 2. The first kappa shape index (κ1) is 10.1. The van der Waals surface area contributed by atoms with E-state index in [-0.39, 0.29) is 11.0 Å². The number of hydroxylamine groups is 1. The van der Waals surface area contributed by atoms with E-state index in [1.807, 2.05) is 0 Å². The van der Waals surface area contributed by atoms with Gasteiger partial charge in [-0.05, 0) is 6.92 Å². The molecule has 66 valence electrons. The second-order valence-corrected chi connectivity index (χ2v) is 3.19. The summed E-state index contributed by atoms with van der Waals surface area (Å²) in [7, 11) is -4.15. The lowest BCUT2D eigenvalue weighted by Gasteiger charge is -2.11. The molecular weight excluding hydrogens is 174 g/mol. The van der Waals surface area contributed by atoms with E-state index in [0.717, 1.165) is 0 Å². The van der Waals surface area contributed by atoms with Crippen molar-refractivity contribution in [3.8, 4) is 0 Å². The Balaban J connectivity index is 4.35. The Morgan fingerprint density at radius 3 is 2.45 bits per heavy atom. The largest absolute Gasteiger partial charge is 0.351 e. The fraction of sp³-hybridized carbons (Fsp3) is 0.667. The maximum atomic E-state index is 10.6. The van der Waals surface area contributed by atoms with Crippen molar-refractivity contribution in [2.24, 2.45) is 5.73 Å². The summed E-state index contributed by atoms with van der Waals surface area (Å²) in [5.41, 5.74) is 4.50. The summed E-state index contributed by atoms with van der Waals surface area (Å²) in [5, 5.41) is 8.61. The van der Waals surface area contributed by atoms with Crippen LogP contribution in [-0.4, -0.2) is 30.7 Å². The Hall–Kier alpha value is -0.860. The molecule has 0 atom stereocenters. The van der Waals surface area contributed by atoms with E-state index >= 15 is 0 Å². The lowest BCUT2D eigenvalue weighted by Crippen LogP contribution is -2.43. The normalized spacial score (nSPS) is 11.5. The third-order valence-corrected chi connectivity index (χ3v) is 2.05. The van der Waals surface area contributed by atoms with E-state index < -0.39 is 16.2 Å². The van der Waals surface area contributed by atoms with Gasteiger partial charge in [-0.1, -0.05) is 4.47 Å². The number of rotatable bonds is 3. The molecule has 8 heteroatoms. The highest BCUT2D eigenvalue weighted by Crippen LogP contribution is 1.89. The smallest absolute Gasteiger partial charge is 0.327 e. The number of hydrogen-bond donors (Lipinski definition) is 3. The van der Waals surface area contributed by atoms with Crippen molar-refractivity contribution in [2.45, 2.75) is 6.92 Å². The van der Waals surface area contributed by atoms with Crippen LogP contribution < -0.4 is 10.5 Å². The molecule has 0 heterocycles. The highest BCUT2D eigenvalue weighted by Gasteiger charge is 2.18. The van der Waals surface area contributed by atoms with Crippen LogP contribution >= 0.6 is 0 Å². The molecule has 4 N–H and O–H groups in total. The van der Waals surface area contributed by atoms with Gasteiger partial charge in [0.25, 0.3) is 0 Å². The van der Waals surface area contributed by atoms with Crippen LogP contribution in [-0.2, 0) is 10.2 Å². The second kappa shape index (κ2) is 3.51. The maximum absolute atomic E-state index is 10.6. The van der Waals surface area contributed by atoms with Crippen LogP contribution in [0.4, 0.5) is 4.79 Å². The Morgan fingerprint density at radius 2 is 2.18 bits per heavy atom. The number of urea groups is 1. The molecule has 2 amide bonds. The van der Waals surface area contributed by atoms with E-state index in [2.05, 4.69) is 5.73 Å². The minimum Gasteiger partial charge on any atom is -0.351 e. The summed E-state index contributed by atoms with van der Waals surface area (Å²) in [6, 6.07) is -1.24.